The first kappa shape index (κ1) is 21.1. The minimum Gasteiger partial charge on any atom is -0.447 e. The summed E-state index contributed by atoms with van der Waals surface area (Å²) in [5.41, 5.74) is 3.66. The Morgan fingerprint density at radius 1 is 0.828 bits per heavy atom. The van der Waals surface area contributed by atoms with Gasteiger partial charge in [-0.15, -0.1) is 0 Å². The summed E-state index contributed by atoms with van der Waals surface area (Å²) >= 11 is 3.45. The summed E-state index contributed by atoms with van der Waals surface area (Å²) in [6.07, 6.45) is 4.16. The molecular formula is C25H26BrNO2. The van der Waals surface area contributed by atoms with Crippen LogP contribution in [0.4, 0.5) is 17.1 Å². The van der Waals surface area contributed by atoms with E-state index in [1.54, 1.807) is 0 Å². The van der Waals surface area contributed by atoms with Crippen LogP contribution in [0.25, 0.3) is 0 Å². The Morgan fingerprint density at radius 2 is 1.34 bits per heavy atom. The Hall–Kier alpha value is -2.59. The molecule has 4 heteroatoms. The maximum absolute atomic E-state index is 12.4. The molecule has 0 radical (unpaired) electrons. The molecule has 0 spiro atoms. The highest BCUT2D eigenvalue weighted by molar-refractivity contribution is 9.09. The zero-order valence-electron chi connectivity index (χ0n) is 16.6. The van der Waals surface area contributed by atoms with E-state index in [4.69, 9.17) is 4.74 Å². The van der Waals surface area contributed by atoms with Crippen molar-refractivity contribution in [2.45, 2.75) is 37.6 Å². The molecule has 0 saturated carbocycles. The number of nitrogens with zero attached hydrogens (tertiary/aromatic N) is 1. The average molecular weight is 452 g/mol. The van der Waals surface area contributed by atoms with Crippen LogP contribution in [0.2, 0.25) is 0 Å². The fourth-order valence-electron chi connectivity index (χ4n) is 3.15. The number of hydrogen-bond donors (Lipinski definition) is 0. The quantitative estimate of drug-likeness (QED) is 0.190. The summed E-state index contributed by atoms with van der Waals surface area (Å²) in [6, 6.07) is 27.9. The predicted molar refractivity (Wildman–Crippen MR) is 123 cm³/mol. The number of carbonyl (C=O) groups excluding carboxylic acids is 1. The summed E-state index contributed by atoms with van der Waals surface area (Å²) in [6.45, 7) is 2.16. The molecule has 29 heavy (non-hydrogen) atoms. The summed E-state index contributed by atoms with van der Waals surface area (Å²) in [4.78, 5) is 14.6. The molecule has 1 unspecified atom stereocenters. The highest BCUT2D eigenvalue weighted by Gasteiger charge is 2.15. The van der Waals surface area contributed by atoms with Gasteiger partial charge in [0.25, 0.3) is 0 Å². The summed E-state index contributed by atoms with van der Waals surface area (Å²) in [5, 5.41) is -0.244. The Bertz CT molecular complexity index is 842. The molecule has 3 aromatic rings. The molecule has 0 fully saturated rings. The van der Waals surface area contributed by atoms with Crippen LogP contribution in [0.15, 0.2) is 84.9 Å². The van der Waals surface area contributed by atoms with Crippen molar-refractivity contribution in [3.05, 3.63) is 90.5 Å². The molecule has 0 aliphatic heterocycles. The van der Waals surface area contributed by atoms with Crippen molar-refractivity contribution in [2.24, 2.45) is 0 Å². The lowest BCUT2D eigenvalue weighted by Gasteiger charge is -2.25. The van der Waals surface area contributed by atoms with Gasteiger partial charge < -0.3 is 9.64 Å². The van der Waals surface area contributed by atoms with Crippen LogP contribution < -0.4 is 4.90 Å². The number of hydrogen-bond acceptors (Lipinski definition) is 3. The first-order valence-electron chi connectivity index (χ1n) is 10.0. The van der Waals surface area contributed by atoms with E-state index in [1.165, 1.54) is 0 Å². The second-order valence-electron chi connectivity index (χ2n) is 6.86. The monoisotopic (exact) mass is 451 g/mol. The van der Waals surface area contributed by atoms with Gasteiger partial charge in [0.15, 0.2) is 5.01 Å². The Labute approximate surface area is 181 Å². The van der Waals surface area contributed by atoms with Gasteiger partial charge in [0.05, 0.1) is 5.56 Å². The predicted octanol–water partition coefficient (Wildman–Crippen LogP) is 7.61. The molecule has 0 aliphatic rings. The van der Waals surface area contributed by atoms with Gasteiger partial charge in [-0.3, -0.25) is 0 Å². The number of carbonyl (C=O) groups is 1. The van der Waals surface area contributed by atoms with Crippen LogP contribution in [-0.4, -0.2) is 11.0 Å². The third kappa shape index (κ3) is 5.94. The van der Waals surface area contributed by atoms with Crippen LogP contribution in [0.3, 0.4) is 0 Å². The fourth-order valence-corrected chi connectivity index (χ4v) is 3.64. The smallest absolute Gasteiger partial charge is 0.339 e. The molecule has 0 N–H and O–H groups in total. The standard InChI is InChI=1S/C25H26BrNO2/c1-2-3-6-15-24(26)29-25(28)20-16-18-23(19-17-20)27(21-11-7-4-8-12-21)22-13-9-5-10-14-22/h4-5,7-14,16-19,24H,2-3,6,15H2,1H3. The van der Waals surface area contributed by atoms with E-state index in [9.17, 15) is 4.79 Å². The number of ether oxygens (including phenoxy) is 1. The molecule has 0 heterocycles. The molecule has 0 aliphatic carbocycles. The number of halogens is 1. The van der Waals surface area contributed by atoms with E-state index in [2.05, 4.69) is 52.0 Å². The van der Waals surface area contributed by atoms with Crippen molar-refractivity contribution in [2.75, 3.05) is 4.90 Å². The molecule has 3 nitrogen and oxygen atoms in total. The van der Waals surface area contributed by atoms with Crippen molar-refractivity contribution in [1.82, 2.24) is 0 Å². The summed E-state index contributed by atoms with van der Waals surface area (Å²) in [7, 11) is 0. The first-order valence-corrected chi connectivity index (χ1v) is 11.0. The number of esters is 1. The van der Waals surface area contributed by atoms with E-state index in [0.29, 0.717) is 5.56 Å². The molecular weight excluding hydrogens is 426 g/mol. The largest absolute Gasteiger partial charge is 0.447 e. The van der Waals surface area contributed by atoms with Crippen molar-refractivity contribution >= 4 is 39.0 Å². The second-order valence-corrected chi connectivity index (χ2v) is 7.89. The minimum atomic E-state index is -0.305. The molecule has 150 valence electrons. The average Bonchev–Trinajstić information content (AvgIpc) is 2.76. The van der Waals surface area contributed by atoms with Crippen LogP contribution in [0.1, 0.15) is 43.0 Å². The molecule has 0 amide bonds. The Balaban J connectivity index is 1.77. The topological polar surface area (TPSA) is 29.5 Å². The van der Waals surface area contributed by atoms with Gasteiger partial charge in [-0.05, 0) is 77.3 Å². The molecule has 1 atom stereocenters. The van der Waals surface area contributed by atoms with Gasteiger partial charge in [-0.1, -0.05) is 56.2 Å². The molecule has 0 aromatic heterocycles. The van der Waals surface area contributed by atoms with E-state index < -0.39 is 0 Å². The van der Waals surface area contributed by atoms with Crippen LogP contribution >= 0.6 is 15.9 Å². The second kappa shape index (κ2) is 10.8. The van der Waals surface area contributed by atoms with Crippen molar-refractivity contribution in [3.63, 3.8) is 0 Å². The fraction of sp³-hybridized carbons (Fsp3) is 0.240. The van der Waals surface area contributed by atoms with E-state index in [1.807, 2.05) is 60.7 Å². The van der Waals surface area contributed by atoms with E-state index in [0.717, 1.165) is 42.7 Å². The van der Waals surface area contributed by atoms with Crippen molar-refractivity contribution in [1.29, 1.82) is 0 Å². The molecule has 0 bridgehead atoms. The number of benzene rings is 3. The lowest BCUT2D eigenvalue weighted by Crippen LogP contribution is -2.13. The number of alkyl halides is 1. The van der Waals surface area contributed by atoms with E-state index in [-0.39, 0.29) is 11.0 Å². The Kier molecular flexibility index (Phi) is 7.88. The van der Waals surface area contributed by atoms with Gasteiger partial charge >= 0.3 is 5.97 Å². The van der Waals surface area contributed by atoms with Gasteiger partial charge in [0, 0.05) is 17.1 Å². The maximum Gasteiger partial charge on any atom is 0.339 e. The zero-order chi connectivity index (χ0) is 20.5. The molecule has 3 rings (SSSR count). The van der Waals surface area contributed by atoms with E-state index >= 15 is 0 Å². The summed E-state index contributed by atoms with van der Waals surface area (Å²) < 4.78 is 5.52. The normalized spacial score (nSPS) is 11.7. The van der Waals surface area contributed by atoms with Gasteiger partial charge in [-0.2, -0.15) is 0 Å². The minimum absolute atomic E-state index is 0.244. The number of rotatable bonds is 9. The highest BCUT2D eigenvalue weighted by Crippen LogP contribution is 2.34. The van der Waals surface area contributed by atoms with Crippen LogP contribution in [0, 0.1) is 0 Å². The van der Waals surface area contributed by atoms with Crippen LogP contribution in [0.5, 0.6) is 0 Å². The first-order chi connectivity index (χ1) is 14.2. The highest BCUT2D eigenvalue weighted by atomic mass is 79.9. The number of unbranched alkanes of at least 4 members (excludes halogenated alkanes) is 2. The lowest BCUT2D eigenvalue weighted by molar-refractivity contribution is 0.0455. The van der Waals surface area contributed by atoms with Gasteiger partial charge in [-0.25, -0.2) is 4.79 Å². The van der Waals surface area contributed by atoms with Crippen LogP contribution in [-0.2, 0) is 4.74 Å². The lowest BCUT2D eigenvalue weighted by atomic mass is 10.1. The Morgan fingerprint density at radius 3 is 1.86 bits per heavy atom. The third-order valence-corrected chi connectivity index (χ3v) is 5.30. The van der Waals surface area contributed by atoms with Crippen molar-refractivity contribution in [3.8, 4) is 0 Å². The zero-order valence-corrected chi connectivity index (χ0v) is 18.2. The maximum atomic E-state index is 12.4. The third-order valence-electron chi connectivity index (χ3n) is 4.66. The van der Waals surface area contributed by atoms with Gasteiger partial charge in [0.1, 0.15) is 0 Å². The molecule has 0 saturated heterocycles. The number of anilines is 3. The van der Waals surface area contributed by atoms with Crippen molar-refractivity contribution < 1.29 is 9.53 Å². The summed E-state index contributed by atoms with van der Waals surface area (Å²) in [5.74, 6) is -0.305. The number of para-hydroxylation sites is 2. The molecule has 3 aromatic carbocycles. The SMILES string of the molecule is CCCCCC(Br)OC(=O)c1ccc(N(c2ccccc2)c2ccccc2)cc1. The van der Waals surface area contributed by atoms with Gasteiger partial charge in [0.2, 0.25) is 0 Å².